The number of hydrogen-bond donors (Lipinski definition) is 1. The lowest BCUT2D eigenvalue weighted by Gasteiger charge is -2.05. The molecule has 0 aliphatic heterocycles. The second kappa shape index (κ2) is 6.17. The molecule has 6 heteroatoms. The minimum absolute atomic E-state index is 0.205. The fourth-order valence-corrected chi connectivity index (χ4v) is 2.52. The van der Waals surface area contributed by atoms with Crippen LogP contribution in [0.1, 0.15) is 32.7 Å². The van der Waals surface area contributed by atoms with Crippen molar-refractivity contribution in [2.75, 3.05) is 0 Å². The lowest BCUT2D eigenvalue weighted by molar-refractivity contribution is 0.0697. The topological polar surface area (TPSA) is 83.2 Å². The summed E-state index contributed by atoms with van der Waals surface area (Å²) in [5.41, 5.74) is 1.08. The van der Waals surface area contributed by atoms with Crippen LogP contribution in [0.3, 0.4) is 0 Å². The van der Waals surface area contributed by atoms with Crippen molar-refractivity contribution in [3.8, 4) is 11.8 Å². The Morgan fingerprint density at radius 2 is 2.35 bits per heavy atom. The van der Waals surface area contributed by atoms with Crippen LogP contribution in [0.25, 0.3) is 0 Å². The maximum absolute atomic E-state index is 11.1. The van der Waals surface area contributed by atoms with Crippen LogP contribution in [0.2, 0.25) is 0 Å². The summed E-state index contributed by atoms with van der Waals surface area (Å²) in [5, 5.41) is 17.9. The van der Waals surface area contributed by atoms with Gasteiger partial charge in [0.25, 0.3) is 0 Å². The first-order valence-corrected chi connectivity index (χ1v) is 6.79. The van der Waals surface area contributed by atoms with Gasteiger partial charge in [-0.15, -0.1) is 11.3 Å². The molecule has 0 fully saturated rings. The Hall–Kier alpha value is -2.39. The van der Waals surface area contributed by atoms with Crippen LogP contribution in [0.15, 0.2) is 24.4 Å². The van der Waals surface area contributed by atoms with E-state index < -0.39 is 5.97 Å². The van der Waals surface area contributed by atoms with Gasteiger partial charge in [0.1, 0.15) is 24.1 Å². The van der Waals surface area contributed by atoms with Gasteiger partial charge < -0.3 is 9.84 Å². The number of aromatic nitrogens is 1. The molecule has 0 atom stereocenters. The smallest absolute Gasteiger partial charge is 0.349 e. The summed E-state index contributed by atoms with van der Waals surface area (Å²) in [5.74, 6) is -0.619. The molecule has 0 aliphatic carbocycles. The summed E-state index contributed by atoms with van der Waals surface area (Å²) >= 11 is 1.22. The molecule has 0 aliphatic rings. The maximum Gasteiger partial charge on any atom is 0.349 e. The minimum atomic E-state index is -0.989. The summed E-state index contributed by atoms with van der Waals surface area (Å²) in [4.78, 5) is 16.2. The third-order valence-corrected chi connectivity index (χ3v) is 3.87. The molecule has 0 saturated heterocycles. The van der Waals surface area contributed by atoms with E-state index in [1.807, 2.05) is 13.0 Å². The van der Waals surface area contributed by atoms with E-state index in [2.05, 4.69) is 4.98 Å². The van der Waals surface area contributed by atoms with Gasteiger partial charge in [0, 0.05) is 11.1 Å². The molecule has 0 aromatic carbocycles. The molecule has 2 heterocycles. The van der Waals surface area contributed by atoms with Crippen LogP contribution in [-0.2, 0) is 13.0 Å². The van der Waals surface area contributed by atoms with Crippen molar-refractivity contribution in [3.63, 3.8) is 0 Å². The number of nitrogens with zero attached hydrogens (tertiary/aromatic N) is 2. The molecule has 0 radical (unpaired) electrons. The van der Waals surface area contributed by atoms with E-state index in [-0.39, 0.29) is 11.5 Å². The first kappa shape index (κ1) is 14.0. The standard InChI is InChI=1S/C14H12N2O3S/c1-2-11-6-12(13(20-11)14(17)18)19-8-9-3-4-16-10(5-9)7-15/h3-6H,2,8H2,1H3,(H,17,18). The zero-order valence-corrected chi connectivity index (χ0v) is 11.6. The summed E-state index contributed by atoms with van der Waals surface area (Å²) in [6.45, 7) is 2.17. The fraction of sp³-hybridized carbons (Fsp3) is 0.214. The second-order valence-electron chi connectivity index (χ2n) is 4.01. The SMILES string of the molecule is CCc1cc(OCc2ccnc(C#N)c2)c(C(=O)O)s1. The van der Waals surface area contributed by atoms with Crippen molar-refractivity contribution >= 4 is 17.3 Å². The maximum atomic E-state index is 11.1. The number of ether oxygens (including phenoxy) is 1. The predicted molar refractivity (Wildman–Crippen MR) is 73.9 cm³/mol. The van der Waals surface area contributed by atoms with E-state index in [0.717, 1.165) is 16.9 Å². The lowest BCUT2D eigenvalue weighted by atomic mass is 10.2. The fourth-order valence-electron chi connectivity index (χ4n) is 1.64. The number of aryl methyl sites for hydroxylation is 1. The van der Waals surface area contributed by atoms with Gasteiger partial charge in [-0.3, -0.25) is 0 Å². The third kappa shape index (κ3) is 3.13. The van der Waals surface area contributed by atoms with Crippen LogP contribution in [0.4, 0.5) is 0 Å². The van der Waals surface area contributed by atoms with E-state index in [0.29, 0.717) is 11.4 Å². The summed E-state index contributed by atoms with van der Waals surface area (Å²) in [7, 11) is 0. The number of hydrogen-bond acceptors (Lipinski definition) is 5. The summed E-state index contributed by atoms with van der Waals surface area (Å²) in [6, 6.07) is 7.05. The number of thiophene rings is 1. The van der Waals surface area contributed by atoms with E-state index >= 15 is 0 Å². The second-order valence-corrected chi connectivity index (χ2v) is 5.15. The van der Waals surface area contributed by atoms with Gasteiger partial charge in [-0.25, -0.2) is 9.78 Å². The van der Waals surface area contributed by atoms with Gasteiger partial charge in [0.15, 0.2) is 4.88 Å². The number of nitriles is 1. The largest absolute Gasteiger partial charge is 0.487 e. The monoisotopic (exact) mass is 288 g/mol. The molecule has 2 aromatic heterocycles. The zero-order valence-electron chi connectivity index (χ0n) is 10.8. The van der Waals surface area contributed by atoms with Gasteiger partial charge >= 0.3 is 5.97 Å². The van der Waals surface area contributed by atoms with E-state index in [9.17, 15) is 4.79 Å². The van der Waals surface area contributed by atoms with Crippen molar-refractivity contribution in [2.24, 2.45) is 0 Å². The lowest BCUT2D eigenvalue weighted by Crippen LogP contribution is -2.00. The summed E-state index contributed by atoms with van der Waals surface area (Å²) in [6.07, 6.45) is 2.29. The highest BCUT2D eigenvalue weighted by atomic mass is 32.1. The summed E-state index contributed by atoms with van der Waals surface area (Å²) < 4.78 is 5.56. The van der Waals surface area contributed by atoms with E-state index in [4.69, 9.17) is 15.1 Å². The van der Waals surface area contributed by atoms with Crippen LogP contribution >= 0.6 is 11.3 Å². The molecule has 0 unspecified atom stereocenters. The average Bonchev–Trinajstić information content (AvgIpc) is 2.89. The molecule has 2 rings (SSSR count). The highest BCUT2D eigenvalue weighted by molar-refractivity contribution is 7.14. The Kier molecular flexibility index (Phi) is 4.33. The van der Waals surface area contributed by atoms with Gasteiger partial charge in [0.05, 0.1) is 0 Å². The third-order valence-electron chi connectivity index (χ3n) is 2.62. The van der Waals surface area contributed by atoms with E-state index in [1.165, 1.54) is 17.5 Å². The Morgan fingerprint density at radius 3 is 3.00 bits per heavy atom. The van der Waals surface area contributed by atoms with Crippen molar-refractivity contribution in [3.05, 3.63) is 45.4 Å². The zero-order chi connectivity index (χ0) is 14.5. The minimum Gasteiger partial charge on any atom is -0.487 e. The molecule has 102 valence electrons. The molecule has 20 heavy (non-hydrogen) atoms. The van der Waals surface area contributed by atoms with Crippen molar-refractivity contribution in [1.29, 1.82) is 5.26 Å². The van der Waals surface area contributed by atoms with Crippen LogP contribution < -0.4 is 4.74 Å². The first-order chi connectivity index (χ1) is 9.63. The molecule has 0 spiro atoms. The molecule has 0 saturated carbocycles. The highest BCUT2D eigenvalue weighted by Gasteiger charge is 2.16. The Morgan fingerprint density at radius 1 is 1.55 bits per heavy atom. The normalized spacial score (nSPS) is 10.0. The molecule has 1 N–H and O–H groups in total. The van der Waals surface area contributed by atoms with Crippen molar-refractivity contribution in [1.82, 2.24) is 4.98 Å². The average molecular weight is 288 g/mol. The number of pyridine rings is 1. The van der Waals surface area contributed by atoms with E-state index in [1.54, 1.807) is 18.2 Å². The number of carboxylic acid groups (broad SMARTS) is 1. The number of aromatic carboxylic acids is 1. The van der Waals surface area contributed by atoms with Crippen LogP contribution in [0, 0.1) is 11.3 Å². The molecule has 0 bridgehead atoms. The quantitative estimate of drug-likeness (QED) is 0.914. The molecular formula is C14H12N2O3S. The van der Waals surface area contributed by atoms with Gasteiger partial charge in [-0.1, -0.05) is 6.92 Å². The molecule has 0 amide bonds. The van der Waals surface area contributed by atoms with Gasteiger partial charge in [-0.2, -0.15) is 5.26 Å². The Labute approximate surface area is 120 Å². The van der Waals surface area contributed by atoms with Crippen LogP contribution in [-0.4, -0.2) is 16.1 Å². The van der Waals surface area contributed by atoms with Crippen molar-refractivity contribution < 1.29 is 14.6 Å². The number of carboxylic acids is 1. The highest BCUT2D eigenvalue weighted by Crippen LogP contribution is 2.30. The number of rotatable bonds is 5. The first-order valence-electron chi connectivity index (χ1n) is 5.98. The van der Waals surface area contributed by atoms with Crippen LogP contribution in [0.5, 0.6) is 5.75 Å². The predicted octanol–water partition coefficient (Wildman–Crippen LogP) is 2.85. The molecule has 2 aromatic rings. The molecular weight excluding hydrogens is 276 g/mol. The van der Waals surface area contributed by atoms with Gasteiger partial charge in [-0.05, 0) is 30.2 Å². The number of carbonyl (C=O) groups is 1. The Bertz CT molecular complexity index is 673. The van der Waals surface area contributed by atoms with Gasteiger partial charge in [0.2, 0.25) is 0 Å². The van der Waals surface area contributed by atoms with Crippen molar-refractivity contribution in [2.45, 2.75) is 20.0 Å². The Balaban J connectivity index is 2.16. The molecule has 5 nitrogen and oxygen atoms in total.